The monoisotopic (exact) mass is 312 g/mol. The molecule has 1 heterocycles. The van der Waals surface area contributed by atoms with Gasteiger partial charge >= 0.3 is 6.18 Å². The molecule has 1 spiro atoms. The normalized spacial score (nSPS) is 25.0. The molecule has 1 aromatic carbocycles. The van der Waals surface area contributed by atoms with Crippen LogP contribution in [-0.4, -0.2) is 18.0 Å². The van der Waals surface area contributed by atoms with Gasteiger partial charge in [-0.05, 0) is 24.5 Å². The second-order valence-corrected chi connectivity index (χ2v) is 6.13. The fourth-order valence-electron chi connectivity index (χ4n) is 3.53. The molecule has 1 aliphatic carbocycles. The fourth-order valence-corrected chi connectivity index (χ4v) is 3.53. The molecule has 120 valence electrons. The van der Waals surface area contributed by atoms with Crippen molar-refractivity contribution in [2.45, 2.75) is 49.9 Å². The lowest BCUT2D eigenvalue weighted by atomic mass is 9.79. The maximum atomic E-state index is 13.1. The summed E-state index contributed by atoms with van der Waals surface area (Å²) >= 11 is 0. The van der Waals surface area contributed by atoms with Crippen LogP contribution in [0.15, 0.2) is 24.3 Å². The van der Waals surface area contributed by atoms with E-state index < -0.39 is 23.3 Å². The zero-order valence-electron chi connectivity index (χ0n) is 12.2. The van der Waals surface area contributed by atoms with Crippen LogP contribution in [-0.2, 0) is 11.0 Å². The van der Waals surface area contributed by atoms with Crippen LogP contribution >= 0.6 is 0 Å². The minimum absolute atomic E-state index is 0.126. The van der Waals surface area contributed by atoms with Gasteiger partial charge in [-0.15, -0.1) is 0 Å². The average molecular weight is 312 g/mol. The van der Waals surface area contributed by atoms with Crippen LogP contribution in [0.1, 0.15) is 49.3 Å². The molecule has 0 bridgehead atoms. The molecule has 2 fully saturated rings. The van der Waals surface area contributed by atoms with Crippen LogP contribution in [0, 0.1) is 0 Å². The lowest BCUT2D eigenvalue weighted by Crippen LogP contribution is -2.64. The van der Waals surface area contributed by atoms with Crippen LogP contribution in [0.4, 0.5) is 13.2 Å². The van der Waals surface area contributed by atoms with Gasteiger partial charge in [0.1, 0.15) is 0 Å². The van der Waals surface area contributed by atoms with E-state index in [1.807, 2.05) is 0 Å². The third-order valence-electron chi connectivity index (χ3n) is 4.73. The van der Waals surface area contributed by atoms with Crippen LogP contribution in [0.25, 0.3) is 0 Å². The molecule has 1 unspecified atom stereocenters. The minimum atomic E-state index is -4.42. The topological polar surface area (TPSA) is 41.1 Å². The van der Waals surface area contributed by atoms with Gasteiger partial charge in [0.05, 0.1) is 17.1 Å². The first-order chi connectivity index (χ1) is 10.4. The summed E-state index contributed by atoms with van der Waals surface area (Å²) in [4.78, 5) is 12.5. The molecule has 2 N–H and O–H groups in total. The van der Waals surface area contributed by atoms with Crippen LogP contribution < -0.4 is 10.6 Å². The predicted octanol–water partition coefficient (Wildman–Crippen LogP) is 3.17. The van der Waals surface area contributed by atoms with Crippen LogP contribution in [0.2, 0.25) is 0 Å². The summed E-state index contributed by atoms with van der Waals surface area (Å²) in [7, 11) is 0. The Morgan fingerprint density at radius 1 is 1.09 bits per heavy atom. The molecule has 3 nitrogen and oxygen atoms in total. The number of nitrogens with one attached hydrogen (secondary N) is 2. The first kappa shape index (κ1) is 15.3. The van der Waals surface area contributed by atoms with Crippen molar-refractivity contribution in [2.75, 3.05) is 6.54 Å². The Labute approximate surface area is 127 Å². The first-order valence-corrected chi connectivity index (χ1v) is 7.64. The summed E-state index contributed by atoms with van der Waals surface area (Å²) in [5, 5.41) is 6.04. The SMILES string of the molecule is O=C1NC(c2ccccc2C(F)(F)F)CNC12CCCCC2. The van der Waals surface area contributed by atoms with Crippen LogP contribution in [0.3, 0.4) is 0 Å². The Morgan fingerprint density at radius 2 is 1.77 bits per heavy atom. The quantitative estimate of drug-likeness (QED) is 0.836. The average Bonchev–Trinajstić information content (AvgIpc) is 2.50. The van der Waals surface area contributed by atoms with Crippen molar-refractivity contribution >= 4 is 5.91 Å². The number of piperazine rings is 1. The number of carbonyl (C=O) groups excluding carboxylic acids is 1. The van der Waals surface area contributed by atoms with Crippen molar-refractivity contribution in [1.29, 1.82) is 0 Å². The number of alkyl halides is 3. The van der Waals surface area contributed by atoms with Gasteiger partial charge in [0.25, 0.3) is 0 Å². The molecule has 1 aromatic rings. The van der Waals surface area contributed by atoms with E-state index in [2.05, 4.69) is 10.6 Å². The highest BCUT2D eigenvalue weighted by molar-refractivity contribution is 5.87. The van der Waals surface area contributed by atoms with Crippen molar-refractivity contribution in [3.8, 4) is 0 Å². The largest absolute Gasteiger partial charge is 0.416 e. The number of hydrogen-bond donors (Lipinski definition) is 2. The van der Waals surface area contributed by atoms with Crippen molar-refractivity contribution < 1.29 is 18.0 Å². The third kappa shape index (κ3) is 2.72. The Morgan fingerprint density at radius 3 is 2.41 bits per heavy atom. The first-order valence-electron chi connectivity index (χ1n) is 7.64. The number of halogens is 3. The smallest absolute Gasteiger partial charge is 0.346 e. The summed E-state index contributed by atoms with van der Waals surface area (Å²) in [6, 6.07) is 4.80. The van der Waals surface area contributed by atoms with Crippen molar-refractivity contribution in [3.63, 3.8) is 0 Å². The Bertz CT molecular complexity index is 565. The summed E-state index contributed by atoms with van der Waals surface area (Å²) in [6.07, 6.45) is 0.158. The molecule has 1 amide bonds. The van der Waals surface area contributed by atoms with Gasteiger partial charge in [0, 0.05) is 6.54 Å². The lowest BCUT2D eigenvalue weighted by molar-refractivity contribution is -0.140. The molecular formula is C16H19F3N2O. The minimum Gasteiger partial charge on any atom is -0.346 e. The van der Waals surface area contributed by atoms with E-state index in [0.29, 0.717) is 6.54 Å². The Kier molecular flexibility index (Phi) is 3.89. The standard InChI is InChI=1S/C16H19F3N2O/c17-16(18,19)12-7-3-2-6-11(12)13-10-20-15(14(22)21-13)8-4-1-5-9-15/h2-3,6-7,13,20H,1,4-5,8-10H2,(H,21,22). The third-order valence-corrected chi connectivity index (χ3v) is 4.73. The molecule has 2 aliphatic rings. The van der Waals surface area contributed by atoms with Crippen LogP contribution in [0.5, 0.6) is 0 Å². The molecule has 0 aromatic heterocycles. The van der Waals surface area contributed by atoms with E-state index in [-0.39, 0.29) is 11.5 Å². The van der Waals surface area contributed by atoms with Gasteiger partial charge in [0.2, 0.25) is 5.91 Å². The Hall–Kier alpha value is -1.56. The number of rotatable bonds is 1. The number of benzene rings is 1. The van der Waals surface area contributed by atoms with E-state index in [1.165, 1.54) is 12.1 Å². The number of carbonyl (C=O) groups is 1. The summed E-state index contributed by atoms with van der Waals surface area (Å²) in [5.41, 5.74) is -1.13. The maximum Gasteiger partial charge on any atom is 0.416 e. The second-order valence-electron chi connectivity index (χ2n) is 6.13. The number of hydrogen-bond acceptors (Lipinski definition) is 2. The highest BCUT2D eigenvalue weighted by Crippen LogP contribution is 2.37. The van der Waals surface area contributed by atoms with E-state index >= 15 is 0 Å². The molecule has 1 atom stereocenters. The Balaban J connectivity index is 1.83. The van der Waals surface area contributed by atoms with Crippen molar-refractivity contribution in [2.24, 2.45) is 0 Å². The summed E-state index contributed by atoms with van der Waals surface area (Å²) in [5.74, 6) is -0.166. The predicted molar refractivity (Wildman–Crippen MR) is 76.1 cm³/mol. The van der Waals surface area contributed by atoms with E-state index in [9.17, 15) is 18.0 Å². The van der Waals surface area contributed by atoms with Gasteiger partial charge in [-0.3, -0.25) is 4.79 Å². The molecule has 3 rings (SSSR count). The van der Waals surface area contributed by atoms with Gasteiger partial charge in [-0.25, -0.2) is 0 Å². The van der Waals surface area contributed by atoms with E-state index in [0.717, 1.165) is 38.2 Å². The molecule has 0 radical (unpaired) electrons. The molecule has 1 aliphatic heterocycles. The molecule has 6 heteroatoms. The highest BCUT2D eigenvalue weighted by atomic mass is 19.4. The highest BCUT2D eigenvalue weighted by Gasteiger charge is 2.44. The van der Waals surface area contributed by atoms with Crippen molar-refractivity contribution in [3.05, 3.63) is 35.4 Å². The molecule has 1 saturated heterocycles. The van der Waals surface area contributed by atoms with Gasteiger partial charge < -0.3 is 10.6 Å². The number of amides is 1. The lowest BCUT2D eigenvalue weighted by Gasteiger charge is -2.43. The zero-order valence-corrected chi connectivity index (χ0v) is 12.2. The van der Waals surface area contributed by atoms with Crippen molar-refractivity contribution in [1.82, 2.24) is 10.6 Å². The second kappa shape index (κ2) is 5.57. The van der Waals surface area contributed by atoms with E-state index in [4.69, 9.17) is 0 Å². The van der Waals surface area contributed by atoms with Gasteiger partial charge in [-0.1, -0.05) is 37.5 Å². The summed E-state index contributed by atoms with van der Waals surface area (Å²) in [6.45, 7) is 0.332. The molecule has 1 saturated carbocycles. The zero-order chi connectivity index (χ0) is 15.8. The van der Waals surface area contributed by atoms with Gasteiger partial charge in [0.15, 0.2) is 0 Å². The van der Waals surface area contributed by atoms with E-state index in [1.54, 1.807) is 6.07 Å². The molecule has 22 heavy (non-hydrogen) atoms. The fraction of sp³-hybridized carbons (Fsp3) is 0.562. The maximum absolute atomic E-state index is 13.1. The summed E-state index contributed by atoms with van der Waals surface area (Å²) < 4.78 is 39.3. The molecular weight excluding hydrogens is 293 g/mol. The van der Waals surface area contributed by atoms with Gasteiger partial charge in [-0.2, -0.15) is 13.2 Å².